The lowest BCUT2D eigenvalue weighted by atomic mass is 10.2. The molecule has 5 rings (SSSR count). The Morgan fingerprint density at radius 1 is 1.18 bits per heavy atom. The van der Waals surface area contributed by atoms with Gasteiger partial charge in [0.2, 0.25) is 0 Å². The van der Waals surface area contributed by atoms with E-state index < -0.39 is 7.92 Å². The standard InChI is InChI=1S/C13H15O3P/c1-13-8-11-14-10(16-13)7-12(15-11)17(13)9-5-3-2-4-6-9/h2-6,10-12H,7-8H2,1H3. The van der Waals surface area contributed by atoms with Crippen LogP contribution in [0, 0.1) is 0 Å². The lowest BCUT2D eigenvalue weighted by molar-refractivity contribution is -0.364. The fourth-order valence-corrected chi connectivity index (χ4v) is 6.32. The Morgan fingerprint density at radius 2 is 2.00 bits per heavy atom. The van der Waals surface area contributed by atoms with E-state index in [2.05, 4.69) is 37.3 Å². The first kappa shape index (κ1) is 10.5. The Labute approximate surface area is 102 Å². The minimum absolute atomic E-state index is 0.0417. The van der Waals surface area contributed by atoms with Crippen molar-refractivity contribution in [3.05, 3.63) is 30.3 Å². The Morgan fingerprint density at radius 3 is 2.71 bits per heavy atom. The largest absolute Gasteiger partial charge is 0.344 e. The predicted octanol–water partition coefficient (Wildman–Crippen LogP) is 2.36. The molecule has 4 heteroatoms. The minimum Gasteiger partial charge on any atom is -0.344 e. The van der Waals surface area contributed by atoms with Crippen molar-refractivity contribution in [2.45, 2.75) is 43.5 Å². The lowest BCUT2D eigenvalue weighted by Gasteiger charge is -2.58. The van der Waals surface area contributed by atoms with E-state index in [4.69, 9.17) is 14.2 Å². The smallest absolute Gasteiger partial charge is 0.164 e. The number of rotatable bonds is 1. The van der Waals surface area contributed by atoms with Crippen molar-refractivity contribution < 1.29 is 14.2 Å². The summed E-state index contributed by atoms with van der Waals surface area (Å²) in [5.41, 5.74) is 0. The van der Waals surface area contributed by atoms with Gasteiger partial charge in [-0.2, -0.15) is 0 Å². The maximum atomic E-state index is 6.10. The van der Waals surface area contributed by atoms with E-state index in [0.717, 1.165) is 12.8 Å². The van der Waals surface area contributed by atoms with Gasteiger partial charge in [0.05, 0.1) is 11.2 Å². The SMILES string of the molecule is CC12CC3OC(CC(O3)P1c1ccccc1)O2. The number of benzene rings is 1. The van der Waals surface area contributed by atoms with Crippen LogP contribution in [0.4, 0.5) is 0 Å². The van der Waals surface area contributed by atoms with Gasteiger partial charge >= 0.3 is 0 Å². The Bertz CT molecular complexity index is 422. The summed E-state index contributed by atoms with van der Waals surface area (Å²) >= 11 is 0. The van der Waals surface area contributed by atoms with Crippen LogP contribution in [0.2, 0.25) is 0 Å². The van der Waals surface area contributed by atoms with Crippen molar-refractivity contribution >= 4 is 13.2 Å². The van der Waals surface area contributed by atoms with Crippen LogP contribution in [0.5, 0.6) is 0 Å². The number of ether oxygens (including phenoxy) is 3. The van der Waals surface area contributed by atoms with Crippen LogP contribution in [0.15, 0.2) is 30.3 Å². The van der Waals surface area contributed by atoms with E-state index >= 15 is 0 Å². The van der Waals surface area contributed by atoms with Crippen LogP contribution in [0.1, 0.15) is 19.8 Å². The fraction of sp³-hybridized carbons (Fsp3) is 0.538. The molecule has 3 nitrogen and oxygen atoms in total. The van der Waals surface area contributed by atoms with Gasteiger partial charge < -0.3 is 14.2 Å². The molecule has 0 amide bonds. The summed E-state index contributed by atoms with van der Waals surface area (Å²) in [7, 11) is -0.407. The van der Waals surface area contributed by atoms with E-state index in [9.17, 15) is 0 Å². The van der Waals surface area contributed by atoms with Gasteiger partial charge in [-0.05, 0) is 20.1 Å². The van der Waals surface area contributed by atoms with Gasteiger partial charge in [0.25, 0.3) is 0 Å². The molecule has 4 heterocycles. The third-order valence-corrected chi connectivity index (χ3v) is 6.84. The first-order chi connectivity index (χ1) is 8.24. The highest BCUT2D eigenvalue weighted by atomic mass is 31.1. The highest BCUT2D eigenvalue weighted by Gasteiger charge is 2.58. The highest BCUT2D eigenvalue weighted by molar-refractivity contribution is 7.67. The summed E-state index contributed by atoms with van der Waals surface area (Å²) in [6, 6.07) is 10.7. The molecule has 4 saturated heterocycles. The normalized spacial score (nSPS) is 47.4. The van der Waals surface area contributed by atoms with Crippen LogP contribution in [-0.2, 0) is 14.2 Å². The zero-order valence-corrected chi connectivity index (χ0v) is 10.6. The minimum atomic E-state index is -0.407. The van der Waals surface area contributed by atoms with Gasteiger partial charge in [0.15, 0.2) is 12.6 Å². The van der Waals surface area contributed by atoms with Crippen LogP contribution >= 0.6 is 7.92 Å². The Balaban J connectivity index is 1.76. The quantitative estimate of drug-likeness (QED) is 0.716. The molecular weight excluding hydrogens is 235 g/mol. The zero-order valence-electron chi connectivity index (χ0n) is 9.70. The first-order valence-electron chi connectivity index (χ1n) is 6.08. The van der Waals surface area contributed by atoms with Crippen molar-refractivity contribution in [2.24, 2.45) is 0 Å². The second kappa shape index (κ2) is 3.52. The first-order valence-corrected chi connectivity index (χ1v) is 7.49. The summed E-state index contributed by atoms with van der Waals surface area (Å²) in [4.78, 5) is 0. The molecule has 0 radical (unpaired) electrons. The molecule has 90 valence electrons. The summed E-state index contributed by atoms with van der Waals surface area (Å²) in [5.74, 6) is 0.309. The molecule has 1 aromatic carbocycles. The van der Waals surface area contributed by atoms with Gasteiger partial charge in [0.1, 0.15) is 0 Å². The summed E-state index contributed by atoms with van der Waals surface area (Å²) in [6.07, 6.45) is 1.66. The third-order valence-electron chi connectivity index (χ3n) is 3.77. The second-order valence-electron chi connectivity index (χ2n) is 5.02. The molecule has 4 fully saturated rings. The van der Waals surface area contributed by atoms with E-state index in [1.165, 1.54) is 5.30 Å². The molecule has 4 aliphatic heterocycles. The fourth-order valence-electron chi connectivity index (χ4n) is 3.12. The molecule has 1 aromatic rings. The topological polar surface area (TPSA) is 27.7 Å². The summed E-state index contributed by atoms with van der Waals surface area (Å²) < 4.78 is 17.7. The molecule has 5 atom stereocenters. The molecule has 4 aliphatic rings. The van der Waals surface area contributed by atoms with E-state index in [1.54, 1.807) is 0 Å². The molecule has 0 N–H and O–H groups in total. The molecule has 0 spiro atoms. The van der Waals surface area contributed by atoms with Gasteiger partial charge in [0, 0.05) is 12.8 Å². The monoisotopic (exact) mass is 250 g/mol. The van der Waals surface area contributed by atoms with Crippen molar-refractivity contribution in [1.29, 1.82) is 0 Å². The highest BCUT2D eigenvalue weighted by Crippen LogP contribution is 2.66. The van der Waals surface area contributed by atoms with Crippen molar-refractivity contribution in [3.63, 3.8) is 0 Å². The van der Waals surface area contributed by atoms with Crippen molar-refractivity contribution in [3.8, 4) is 0 Å². The van der Waals surface area contributed by atoms with Gasteiger partial charge in [-0.3, -0.25) is 0 Å². The third kappa shape index (κ3) is 1.50. The molecular formula is C13H15O3P. The second-order valence-corrected chi connectivity index (χ2v) is 7.80. The number of hydrogen-bond acceptors (Lipinski definition) is 3. The molecule has 4 bridgehead atoms. The van der Waals surface area contributed by atoms with Crippen LogP contribution < -0.4 is 5.30 Å². The molecule has 0 aromatic heterocycles. The van der Waals surface area contributed by atoms with Crippen LogP contribution in [-0.4, -0.2) is 23.8 Å². The van der Waals surface area contributed by atoms with E-state index in [-0.39, 0.29) is 17.9 Å². The maximum absolute atomic E-state index is 6.10. The molecule has 17 heavy (non-hydrogen) atoms. The summed E-state index contributed by atoms with van der Waals surface area (Å²) in [5, 5.41) is 1.32. The van der Waals surface area contributed by atoms with Crippen molar-refractivity contribution in [2.75, 3.05) is 0 Å². The van der Waals surface area contributed by atoms with Crippen LogP contribution in [0.3, 0.4) is 0 Å². The maximum Gasteiger partial charge on any atom is 0.164 e. The van der Waals surface area contributed by atoms with Gasteiger partial charge in [-0.1, -0.05) is 30.3 Å². The van der Waals surface area contributed by atoms with Gasteiger partial charge in [-0.25, -0.2) is 0 Å². The Kier molecular flexibility index (Phi) is 2.16. The molecule has 0 aliphatic carbocycles. The lowest BCUT2D eigenvalue weighted by Crippen LogP contribution is -2.59. The van der Waals surface area contributed by atoms with Gasteiger partial charge in [-0.15, -0.1) is 0 Å². The van der Waals surface area contributed by atoms with Crippen LogP contribution in [0.25, 0.3) is 0 Å². The van der Waals surface area contributed by atoms with E-state index in [0.29, 0.717) is 5.85 Å². The average Bonchev–Trinajstić information content (AvgIpc) is 2.27. The number of hydrogen-bond donors (Lipinski definition) is 0. The van der Waals surface area contributed by atoms with Crippen molar-refractivity contribution in [1.82, 2.24) is 0 Å². The summed E-state index contributed by atoms with van der Waals surface area (Å²) in [6.45, 7) is 2.23. The Hall–Kier alpha value is -0.470. The predicted molar refractivity (Wildman–Crippen MR) is 65.3 cm³/mol. The van der Waals surface area contributed by atoms with E-state index in [1.807, 2.05) is 0 Å². The zero-order chi connectivity index (χ0) is 11.5. The molecule has 0 saturated carbocycles. The average molecular weight is 250 g/mol. The molecule has 5 unspecified atom stereocenters.